The van der Waals surface area contributed by atoms with Crippen LogP contribution in [0.3, 0.4) is 0 Å². The molecular formula is C24H30FN3O5. The van der Waals surface area contributed by atoms with Gasteiger partial charge in [-0.05, 0) is 64.5 Å². The molecule has 178 valence electrons. The summed E-state index contributed by atoms with van der Waals surface area (Å²) in [6.45, 7) is 7.39. The Morgan fingerprint density at radius 3 is 2.64 bits per heavy atom. The molecule has 1 amide bonds. The summed E-state index contributed by atoms with van der Waals surface area (Å²) < 4.78 is 16.9. The molecule has 2 fully saturated rings. The molecule has 1 aliphatic heterocycles. The van der Waals surface area contributed by atoms with Gasteiger partial charge in [0, 0.05) is 37.3 Å². The summed E-state index contributed by atoms with van der Waals surface area (Å²) in [4.78, 5) is 43.1. The van der Waals surface area contributed by atoms with Crippen molar-refractivity contribution in [3.05, 3.63) is 39.9 Å². The topological polar surface area (TPSA) is 92.1 Å². The molecule has 0 spiro atoms. The molecule has 2 heterocycles. The number of hydrogen-bond acceptors (Lipinski definition) is 5. The minimum absolute atomic E-state index is 0.0970. The predicted molar refractivity (Wildman–Crippen MR) is 122 cm³/mol. The summed E-state index contributed by atoms with van der Waals surface area (Å²) in [5, 5.41) is 10.8. The fraction of sp³-hybridized carbons (Fsp3) is 0.542. The lowest BCUT2D eigenvalue weighted by Gasteiger charge is -2.27. The van der Waals surface area contributed by atoms with Crippen LogP contribution in [0.1, 0.15) is 62.9 Å². The summed E-state index contributed by atoms with van der Waals surface area (Å²) in [6, 6.07) is 2.99. The highest BCUT2D eigenvalue weighted by Gasteiger charge is 2.30. The lowest BCUT2D eigenvalue weighted by Crippen LogP contribution is -2.34. The molecule has 1 N–H and O–H groups in total. The first kappa shape index (κ1) is 23.2. The van der Waals surface area contributed by atoms with Gasteiger partial charge >= 0.3 is 5.97 Å². The van der Waals surface area contributed by atoms with Gasteiger partial charge in [-0.3, -0.25) is 14.4 Å². The molecule has 8 nitrogen and oxygen atoms in total. The molecular weight excluding hydrogens is 429 g/mol. The number of fused-ring (bicyclic) bond motifs is 1. The van der Waals surface area contributed by atoms with Crippen LogP contribution in [0.2, 0.25) is 0 Å². The normalized spacial score (nSPS) is 18.7. The molecule has 1 aliphatic carbocycles. The number of aromatic nitrogens is 1. The fourth-order valence-electron chi connectivity index (χ4n) is 4.48. The summed E-state index contributed by atoms with van der Waals surface area (Å²) in [7, 11) is 0. The average molecular weight is 460 g/mol. The Balaban J connectivity index is 1.55. The van der Waals surface area contributed by atoms with E-state index in [-0.39, 0.29) is 22.9 Å². The second-order valence-corrected chi connectivity index (χ2v) is 9.98. The average Bonchev–Trinajstić information content (AvgIpc) is 3.47. The second-order valence-electron chi connectivity index (χ2n) is 9.98. The van der Waals surface area contributed by atoms with E-state index < -0.39 is 22.8 Å². The van der Waals surface area contributed by atoms with E-state index in [9.17, 15) is 19.5 Å². The van der Waals surface area contributed by atoms with E-state index >= 15 is 4.39 Å². The molecule has 1 saturated carbocycles. The lowest BCUT2D eigenvalue weighted by atomic mass is 10.1. The smallest absolute Gasteiger partial charge is 0.341 e. The molecule has 1 aromatic heterocycles. The van der Waals surface area contributed by atoms with Crippen LogP contribution < -0.4 is 10.3 Å². The van der Waals surface area contributed by atoms with Gasteiger partial charge in [-0.1, -0.05) is 0 Å². The van der Waals surface area contributed by atoms with Crippen molar-refractivity contribution in [1.29, 1.82) is 0 Å². The Labute approximate surface area is 191 Å². The quantitative estimate of drug-likeness (QED) is 0.479. The van der Waals surface area contributed by atoms with Crippen molar-refractivity contribution >= 4 is 29.0 Å². The van der Waals surface area contributed by atoms with Crippen molar-refractivity contribution in [2.75, 3.05) is 24.5 Å². The standard InChI is InChI=1S/C24H30FN3O5/c1-24(2,3)33-27(14-29)9-7-15-6-8-26(12-15)21-11-20-17(10-19(21)25)22(30)18(23(31)32)13-28(20)16-4-5-16/h10-11,13-16H,4-9,12H2,1-3H3,(H,31,32). The van der Waals surface area contributed by atoms with Gasteiger partial charge in [0.25, 0.3) is 0 Å². The van der Waals surface area contributed by atoms with E-state index in [1.54, 1.807) is 6.07 Å². The molecule has 0 bridgehead atoms. The van der Waals surface area contributed by atoms with Gasteiger partial charge in [0.1, 0.15) is 11.4 Å². The lowest BCUT2D eigenvalue weighted by molar-refractivity contribution is -0.216. The number of hydroxylamine groups is 2. The van der Waals surface area contributed by atoms with Crippen LogP contribution >= 0.6 is 0 Å². The number of carboxylic acid groups (broad SMARTS) is 1. The van der Waals surface area contributed by atoms with Crippen LogP contribution in [0.5, 0.6) is 0 Å². The van der Waals surface area contributed by atoms with Crippen molar-refractivity contribution in [1.82, 2.24) is 9.63 Å². The van der Waals surface area contributed by atoms with Crippen LogP contribution in [0, 0.1) is 11.7 Å². The van der Waals surface area contributed by atoms with E-state index in [0.717, 1.165) is 25.7 Å². The van der Waals surface area contributed by atoms with E-state index in [4.69, 9.17) is 4.84 Å². The minimum Gasteiger partial charge on any atom is -0.477 e. The third-order valence-corrected chi connectivity index (χ3v) is 6.16. The first-order chi connectivity index (χ1) is 15.6. The van der Waals surface area contributed by atoms with Crippen molar-refractivity contribution in [2.45, 2.75) is 58.1 Å². The van der Waals surface area contributed by atoms with E-state index in [1.165, 1.54) is 17.3 Å². The number of halogens is 1. The number of anilines is 1. The third-order valence-electron chi connectivity index (χ3n) is 6.16. The summed E-state index contributed by atoms with van der Waals surface area (Å²) in [5.74, 6) is -1.56. The van der Waals surface area contributed by atoms with Gasteiger partial charge in [0.2, 0.25) is 11.8 Å². The predicted octanol–water partition coefficient (Wildman–Crippen LogP) is 3.58. The Kier molecular flexibility index (Phi) is 6.18. The van der Waals surface area contributed by atoms with Gasteiger partial charge < -0.3 is 14.6 Å². The number of pyridine rings is 1. The Morgan fingerprint density at radius 2 is 2.03 bits per heavy atom. The van der Waals surface area contributed by atoms with Crippen LogP contribution in [-0.2, 0) is 9.63 Å². The maximum absolute atomic E-state index is 15.1. The first-order valence-electron chi connectivity index (χ1n) is 11.3. The van der Waals surface area contributed by atoms with Gasteiger partial charge in [0.05, 0.1) is 16.8 Å². The van der Waals surface area contributed by atoms with Gasteiger partial charge in [-0.15, -0.1) is 0 Å². The zero-order chi connectivity index (χ0) is 23.9. The highest BCUT2D eigenvalue weighted by molar-refractivity contribution is 5.93. The maximum atomic E-state index is 15.1. The molecule has 0 radical (unpaired) electrons. The van der Waals surface area contributed by atoms with E-state index in [0.29, 0.717) is 37.2 Å². The zero-order valence-electron chi connectivity index (χ0n) is 19.2. The van der Waals surface area contributed by atoms with Crippen molar-refractivity contribution in [3.8, 4) is 0 Å². The Bertz CT molecular complexity index is 1140. The van der Waals surface area contributed by atoms with Crippen LogP contribution in [0.15, 0.2) is 23.1 Å². The highest BCUT2D eigenvalue weighted by Crippen LogP contribution is 2.38. The van der Waals surface area contributed by atoms with Crippen molar-refractivity contribution in [2.24, 2.45) is 5.92 Å². The van der Waals surface area contributed by atoms with Gasteiger partial charge in [0.15, 0.2) is 0 Å². The zero-order valence-corrected chi connectivity index (χ0v) is 19.2. The first-order valence-corrected chi connectivity index (χ1v) is 11.3. The number of carboxylic acids is 1. The molecule has 1 unspecified atom stereocenters. The molecule has 1 saturated heterocycles. The SMILES string of the molecule is CC(C)(C)ON(C=O)CCC1CCN(c2cc3c(cc2F)c(=O)c(C(=O)O)cn3C2CC2)C1. The molecule has 1 atom stereocenters. The van der Waals surface area contributed by atoms with Gasteiger partial charge in [-0.2, -0.15) is 0 Å². The van der Waals surface area contributed by atoms with Crippen LogP contribution in [0.25, 0.3) is 10.9 Å². The number of aromatic carboxylic acids is 1. The number of hydrogen-bond donors (Lipinski definition) is 1. The number of rotatable bonds is 8. The van der Waals surface area contributed by atoms with E-state index in [1.807, 2.05) is 30.2 Å². The highest BCUT2D eigenvalue weighted by atomic mass is 19.1. The number of nitrogens with zero attached hydrogens (tertiary/aromatic N) is 3. The molecule has 2 aliphatic rings. The molecule has 4 rings (SSSR count). The number of benzene rings is 1. The summed E-state index contributed by atoms with van der Waals surface area (Å²) in [6.07, 6.45) is 5.47. The van der Waals surface area contributed by atoms with Crippen molar-refractivity contribution in [3.63, 3.8) is 0 Å². The minimum atomic E-state index is -1.30. The van der Waals surface area contributed by atoms with Crippen LogP contribution in [-0.4, -0.2) is 52.4 Å². The second kappa shape index (κ2) is 8.78. The monoisotopic (exact) mass is 459 g/mol. The van der Waals surface area contributed by atoms with Crippen molar-refractivity contribution < 1.29 is 23.9 Å². The largest absolute Gasteiger partial charge is 0.477 e. The van der Waals surface area contributed by atoms with Gasteiger partial charge in [-0.25, -0.2) is 14.2 Å². The summed E-state index contributed by atoms with van der Waals surface area (Å²) in [5.41, 5.74) is -0.473. The molecule has 1 aromatic carbocycles. The third kappa shape index (κ3) is 5.03. The van der Waals surface area contributed by atoms with Crippen LogP contribution in [0.4, 0.5) is 10.1 Å². The molecule has 2 aromatic rings. The van der Waals surface area contributed by atoms with E-state index in [2.05, 4.69) is 0 Å². The molecule has 9 heteroatoms. The Hall–Kier alpha value is -2.94. The molecule has 33 heavy (non-hydrogen) atoms. The fourth-order valence-corrected chi connectivity index (χ4v) is 4.48. The number of amides is 1. The Morgan fingerprint density at radius 1 is 1.30 bits per heavy atom. The number of carbonyl (C=O) groups excluding carboxylic acids is 1. The number of carbonyl (C=O) groups is 2. The maximum Gasteiger partial charge on any atom is 0.341 e. The summed E-state index contributed by atoms with van der Waals surface area (Å²) >= 11 is 0.